The van der Waals surface area contributed by atoms with Crippen LogP contribution >= 0.6 is 0 Å². The van der Waals surface area contributed by atoms with E-state index in [0.29, 0.717) is 6.10 Å². The first-order chi connectivity index (χ1) is 5.35. The summed E-state index contributed by atoms with van der Waals surface area (Å²) < 4.78 is 5.44. The molecule has 0 heterocycles. The zero-order valence-electron chi connectivity index (χ0n) is 7.73. The average Bonchev–Trinajstić information content (AvgIpc) is 2.05. The van der Waals surface area contributed by atoms with Gasteiger partial charge in [-0.25, -0.2) is 0 Å². The standard InChI is InChI=1S/C9H19O.Sn/c1-3-5-7-9(10)8-6-4-2;/h9H,3-8H2,1-2H3;/q-1;+4. The van der Waals surface area contributed by atoms with Gasteiger partial charge < -0.3 is 0 Å². The van der Waals surface area contributed by atoms with Crippen molar-refractivity contribution in [3.63, 3.8) is 0 Å². The van der Waals surface area contributed by atoms with Crippen LogP contribution in [0.4, 0.5) is 0 Å². The SMILES string of the molecule is CCCCC(CCCC)[O][Sn+3]. The normalized spacial score (nSPS) is 11.0. The van der Waals surface area contributed by atoms with Gasteiger partial charge in [0.1, 0.15) is 0 Å². The van der Waals surface area contributed by atoms with Crippen molar-refractivity contribution in [3.05, 3.63) is 0 Å². The molecule has 0 aliphatic heterocycles. The van der Waals surface area contributed by atoms with Gasteiger partial charge >= 0.3 is 84.5 Å². The molecule has 0 unspecified atom stereocenters. The molecule has 0 amide bonds. The Morgan fingerprint density at radius 2 is 1.55 bits per heavy atom. The van der Waals surface area contributed by atoms with Crippen LogP contribution in [0, 0.1) is 0 Å². The van der Waals surface area contributed by atoms with Crippen molar-refractivity contribution in [2.24, 2.45) is 0 Å². The Balaban J connectivity index is 3.25. The van der Waals surface area contributed by atoms with E-state index in [2.05, 4.69) is 13.8 Å². The van der Waals surface area contributed by atoms with Gasteiger partial charge in [-0.3, -0.25) is 0 Å². The second kappa shape index (κ2) is 8.85. The molecule has 0 N–H and O–H groups in total. The van der Waals surface area contributed by atoms with Crippen molar-refractivity contribution in [1.29, 1.82) is 0 Å². The van der Waals surface area contributed by atoms with E-state index in [4.69, 9.17) is 3.07 Å². The van der Waals surface area contributed by atoms with Crippen molar-refractivity contribution in [3.8, 4) is 0 Å². The first-order valence-corrected chi connectivity index (χ1v) is 5.84. The van der Waals surface area contributed by atoms with Crippen LogP contribution in [0.3, 0.4) is 0 Å². The fourth-order valence-corrected chi connectivity index (χ4v) is 1.80. The van der Waals surface area contributed by atoms with Gasteiger partial charge in [0.05, 0.1) is 0 Å². The van der Waals surface area contributed by atoms with Crippen molar-refractivity contribution in [2.75, 3.05) is 0 Å². The van der Waals surface area contributed by atoms with Gasteiger partial charge in [0.15, 0.2) is 0 Å². The zero-order valence-corrected chi connectivity index (χ0v) is 10.6. The van der Waals surface area contributed by atoms with Gasteiger partial charge in [0.2, 0.25) is 0 Å². The summed E-state index contributed by atoms with van der Waals surface area (Å²) in [6.07, 6.45) is 8.33. The Morgan fingerprint density at radius 1 is 1.09 bits per heavy atom. The third-order valence-corrected chi connectivity index (χ3v) is 2.88. The molecule has 0 bridgehead atoms. The van der Waals surface area contributed by atoms with E-state index >= 15 is 0 Å². The first-order valence-electron chi connectivity index (χ1n) is 4.67. The van der Waals surface area contributed by atoms with Crippen LogP contribution in [0.15, 0.2) is 0 Å². The molecule has 0 aromatic heterocycles. The molecule has 0 aromatic rings. The fraction of sp³-hybridized carbons (Fsp3) is 1.00. The van der Waals surface area contributed by atoms with Crippen LogP contribution in [0.1, 0.15) is 52.4 Å². The topological polar surface area (TPSA) is 9.23 Å². The third-order valence-electron chi connectivity index (χ3n) is 1.93. The van der Waals surface area contributed by atoms with Gasteiger partial charge in [-0.2, -0.15) is 0 Å². The average molecular weight is 262 g/mol. The molecular formula is C9H19OSn+3. The minimum atomic E-state index is 0.563. The van der Waals surface area contributed by atoms with E-state index in [9.17, 15) is 0 Å². The Kier molecular flexibility index (Phi) is 9.46. The number of hydrogen-bond donors (Lipinski definition) is 0. The molecule has 0 radical (unpaired) electrons. The molecule has 62 valence electrons. The maximum absolute atomic E-state index is 5.44. The van der Waals surface area contributed by atoms with E-state index in [1.807, 2.05) is 0 Å². The Morgan fingerprint density at radius 3 is 1.82 bits per heavy atom. The molecule has 11 heavy (non-hydrogen) atoms. The maximum atomic E-state index is 5.44. The zero-order chi connectivity index (χ0) is 8.53. The van der Waals surface area contributed by atoms with Crippen LogP contribution in [-0.4, -0.2) is 29.0 Å². The predicted molar refractivity (Wildman–Crippen MR) is 49.7 cm³/mol. The van der Waals surface area contributed by atoms with Gasteiger partial charge in [-0.05, 0) is 0 Å². The summed E-state index contributed by atoms with van der Waals surface area (Å²) in [6.45, 7) is 4.47. The van der Waals surface area contributed by atoms with E-state index in [1.54, 1.807) is 0 Å². The van der Waals surface area contributed by atoms with Crippen molar-refractivity contribution in [1.82, 2.24) is 0 Å². The molecule has 0 fully saturated rings. The third kappa shape index (κ3) is 7.13. The quantitative estimate of drug-likeness (QED) is 0.641. The van der Waals surface area contributed by atoms with E-state index < -0.39 is 0 Å². The molecule has 0 atom stereocenters. The predicted octanol–water partition coefficient (Wildman–Crippen LogP) is 2.84. The van der Waals surface area contributed by atoms with Crippen molar-refractivity contribution < 1.29 is 3.07 Å². The summed E-state index contributed by atoms with van der Waals surface area (Å²) >= 11 is 1.23. The van der Waals surface area contributed by atoms with Gasteiger partial charge in [-0.1, -0.05) is 0 Å². The van der Waals surface area contributed by atoms with Gasteiger partial charge in [0.25, 0.3) is 0 Å². The summed E-state index contributed by atoms with van der Waals surface area (Å²) in [6, 6.07) is 0. The summed E-state index contributed by atoms with van der Waals surface area (Å²) in [7, 11) is 0. The molecule has 0 saturated carbocycles. The van der Waals surface area contributed by atoms with Crippen molar-refractivity contribution >= 4 is 22.9 Å². The fourth-order valence-electron chi connectivity index (χ4n) is 1.13. The van der Waals surface area contributed by atoms with Crippen LogP contribution in [0.5, 0.6) is 0 Å². The molecule has 0 rings (SSSR count). The second-order valence-corrected chi connectivity index (χ2v) is 3.70. The summed E-state index contributed by atoms with van der Waals surface area (Å²) in [4.78, 5) is 0. The number of rotatable bonds is 7. The molecule has 0 aromatic carbocycles. The van der Waals surface area contributed by atoms with Gasteiger partial charge in [-0.15, -0.1) is 0 Å². The summed E-state index contributed by atoms with van der Waals surface area (Å²) in [5.74, 6) is 0. The summed E-state index contributed by atoms with van der Waals surface area (Å²) in [5, 5.41) is 0. The molecule has 0 aliphatic carbocycles. The van der Waals surface area contributed by atoms with Crippen LogP contribution in [-0.2, 0) is 3.07 Å². The molecule has 1 nitrogen and oxygen atoms in total. The van der Waals surface area contributed by atoms with Crippen LogP contribution in [0.2, 0.25) is 0 Å². The Bertz CT molecular complexity index is 68.0. The monoisotopic (exact) mass is 263 g/mol. The molecule has 0 saturated heterocycles. The molecule has 2 heteroatoms. The van der Waals surface area contributed by atoms with Crippen LogP contribution in [0.25, 0.3) is 0 Å². The molecular weight excluding hydrogens is 243 g/mol. The van der Waals surface area contributed by atoms with E-state index in [-0.39, 0.29) is 0 Å². The van der Waals surface area contributed by atoms with Gasteiger partial charge in [0, 0.05) is 0 Å². The first kappa shape index (κ1) is 11.8. The Hall–Kier alpha value is 0.759. The minimum absolute atomic E-state index is 0.563. The summed E-state index contributed by atoms with van der Waals surface area (Å²) in [5.41, 5.74) is 0. The van der Waals surface area contributed by atoms with Crippen LogP contribution < -0.4 is 0 Å². The molecule has 0 spiro atoms. The van der Waals surface area contributed by atoms with E-state index in [0.717, 1.165) is 0 Å². The van der Waals surface area contributed by atoms with Crippen molar-refractivity contribution in [2.45, 2.75) is 58.5 Å². The van der Waals surface area contributed by atoms with E-state index in [1.165, 1.54) is 61.5 Å². The number of hydrogen-bond acceptors (Lipinski definition) is 1. The molecule has 0 aliphatic rings. The second-order valence-electron chi connectivity index (χ2n) is 3.02. The number of unbranched alkanes of at least 4 members (excludes halogenated alkanes) is 2. The Labute approximate surface area is 84.5 Å².